The topological polar surface area (TPSA) is 68.5 Å². The van der Waals surface area contributed by atoms with E-state index in [1.807, 2.05) is 54.9 Å². The van der Waals surface area contributed by atoms with E-state index in [1.54, 1.807) is 23.5 Å². The largest absolute Gasteiger partial charge is 0.487 e. The molecular weight excluding hydrogens is 456 g/mol. The Morgan fingerprint density at radius 3 is 2.54 bits per heavy atom. The number of ether oxygens (including phenoxy) is 1. The number of rotatable bonds is 8. The van der Waals surface area contributed by atoms with Crippen LogP contribution in [-0.4, -0.2) is 26.8 Å². The molecule has 0 aliphatic heterocycles. The van der Waals surface area contributed by atoms with Crippen LogP contribution in [0.2, 0.25) is 0 Å². The van der Waals surface area contributed by atoms with Crippen molar-refractivity contribution in [1.29, 1.82) is 0 Å². The summed E-state index contributed by atoms with van der Waals surface area (Å²) in [5.74, 6) is 0.604. The fourth-order valence-corrected chi connectivity index (χ4v) is 4.52. The summed E-state index contributed by atoms with van der Waals surface area (Å²) in [6.45, 7) is 4.99. The molecule has 2 aromatic carbocycles. The van der Waals surface area contributed by atoms with Crippen molar-refractivity contribution in [3.63, 3.8) is 0 Å². The Labute approximate surface area is 208 Å². The average Bonchev–Trinajstić information content (AvgIpc) is 3.50. The van der Waals surface area contributed by atoms with Crippen LogP contribution in [0.4, 0.5) is 0 Å². The van der Waals surface area contributed by atoms with E-state index < -0.39 is 0 Å². The third kappa shape index (κ3) is 5.41. The molecule has 0 aliphatic carbocycles. The second-order valence-corrected chi connectivity index (χ2v) is 9.48. The van der Waals surface area contributed by atoms with E-state index in [0.717, 1.165) is 39.6 Å². The molecule has 0 saturated heterocycles. The Morgan fingerprint density at radius 2 is 1.83 bits per heavy atom. The highest BCUT2D eigenvalue weighted by Gasteiger charge is 2.08. The van der Waals surface area contributed by atoms with E-state index in [0.29, 0.717) is 24.5 Å². The van der Waals surface area contributed by atoms with Gasteiger partial charge in [-0.05, 0) is 61.7 Å². The molecule has 1 N–H and O–H groups in total. The summed E-state index contributed by atoms with van der Waals surface area (Å²) in [5.41, 5.74) is 6.81. The van der Waals surface area contributed by atoms with E-state index in [9.17, 15) is 4.79 Å². The quantitative estimate of drug-likeness (QED) is 0.311. The van der Waals surface area contributed by atoms with Crippen LogP contribution < -0.4 is 10.1 Å². The number of nitrogens with one attached hydrogen (secondary N) is 1. The molecule has 0 aliphatic rings. The van der Waals surface area contributed by atoms with Crippen molar-refractivity contribution < 1.29 is 9.53 Å². The minimum Gasteiger partial charge on any atom is -0.487 e. The summed E-state index contributed by atoms with van der Waals surface area (Å²) in [6, 6.07) is 19.6. The highest BCUT2D eigenvalue weighted by atomic mass is 32.1. The molecule has 7 heteroatoms. The lowest BCUT2D eigenvalue weighted by molar-refractivity contribution is 0.0954. The third-order valence-electron chi connectivity index (χ3n) is 5.80. The lowest BCUT2D eigenvalue weighted by Crippen LogP contribution is -2.25. The normalized spacial score (nSPS) is 11.0. The predicted molar refractivity (Wildman–Crippen MR) is 139 cm³/mol. The monoisotopic (exact) mass is 482 g/mol. The van der Waals surface area contributed by atoms with Crippen LogP contribution in [-0.2, 0) is 13.0 Å². The Kier molecular flexibility index (Phi) is 6.59. The van der Waals surface area contributed by atoms with Crippen molar-refractivity contribution in [2.75, 3.05) is 6.54 Å². The van der Waals surface area contributed by atoms with Gasteiger partial charge in [-0.3, -0.25) is 4.79 Å². The molecule has 3 aromatic heterocycles. The summed E-state index contributed by atoms with van der Waals surface area (Å²) in [4.78, 5) is 21.7. The maximum atomic E-state index is 12.5. The molecule has 0 fully saturated rings. The van der Waals surface area contributed by atoms with Crippen LogP contribution in [0.1, 0.15) is 32.2 Å². The number of fused-ring (bicyclic) bond motifs is 1. The number of benzene rings is 2. The zero-order chi connectivity index (χ0) is 24.2. The van der Waals surface area contributed by atoms with E-state index in [2.05, 4.69) is 44.9 Å². The minimum absolute atomic E-state index is 0.0954. The second-order valence-electron chi connectivity index (χ2n) is 8.42. The van der Waals surface area contributed by atoms with Gasteiger partial charge < -0.3 is 14.5 Å². The maximum absolute atomic E-state index is 12.5. The first-order valence-corrected chi connectivity index (χ1v) is 12.4. The first kappa shape index (κ1) is 22.8. The van der Waals surface area contributed by atoms with Gasteiger partial charge in [0.15, 0.2) is 0 Å². The minimum atomic E-state index is -0.0954. The summed E-state index contributed by atoms with van der Waals surface area (Å²) in [5, 5.41) is 6.13. The van der Waals surface area contributed by atoms with E-state index in [-0.39, 0.29) is 5.91 Å². The van der Waals surface area contributed by atoms with Gasteiger partial charge in [0.05, 0.1) is 16.4 Å². The van der Waals surface area contributed by atoms with Gasteiger partial charge in [0.2, 0.25) is 0 Å². The van der Waals surface area contributed by atoms with Crippen molar-refractivity contribution in [2.24, 2.45) is 0 Å². The highest BCUT2D eigenvalue weighted by Crippen LogP contribution is 2.22. The Balaban J connectivity index is 1.10. The van der Waals surface area contributed by atoms with Gasteiger partial charge >= 0.3 is 0 Å². The van der Waals surface area contributed by atoms with Crippen LogP contribution in [0.25, 0.3) is 16.9 Å². The number of aromatic nitrogens is 3. The molecule has 0 spiro atoms. The van der Waals surface area contributed by atoms with Crippen molar-refractivity contribution in [3.05, 3.63) is 106 Å². The Hall–Kier alpha value is -3.97. The summed E-state index contributed by atoms with van der Waals surface area (Å²) in [7, 11) is 0. The van der Waals surface area contributed by atoms with Crippen molar-refractivity contribution >= 4 is 22.9 Å². The second kappa shape index (κ2) is 10.1. The average molecular weight is 483 g/mol. The molecule has 0 atom stereocenters. The van der Waals surface area contributed by atoms with Gasteiger partial charge in [-0.25, -0.2) is 9.97 Å². The van der Waals surface area contributed by atoms with Gasteiger partial charge in [0.25, 0.3) is 5.91 Å². The molecule has 0 unspecified atom stereocenters. The zero-order valence-electron chi connectivity index (χ0n) is 19.7. The fourth-order valence-electron chi connectivity index (χ4n) is 3.89. The van der Waals surface area contributed by atoms with Gasteiger partial charge in [0, 0.05) is 35.4 Å². The standard InChI is InChI=1S/C28H26N4O2S/c1-19-4-3-15-32-16-24(31-27(19)32)17-34-25-11-9-23(10-12-25)28(33)29-14-13-21-5-7-22(8-6-21)26-18-35-20(2)30-26/h3-12,15-16,18H,13-14,17H2,1-2H3,(H,29,33). The van der Waals surface area contributed by atoms with Gasteiger partial charge in [-0.15, -0.1) is 11.3 Å². The molecule has 0 bridgehead atoms. The zero-order valence-corrected chi connectivity index (χ0v) is 20.5. The SMILES string of the molecule is Cc1nc(-c2ccc(CCNC(=O)c3ccc(OCc4cn5cccc(C)c5n4)cc3)cc2)cs1. The number of carbonyl (C=O) groups excluding carboxylic acids is 1. The lowest BCUT2D eigenvalue weighted by atomic mass is 10.1. The molecule has 35 heavy (non-hydrogen) atoms. The number of hydrogen-bond acceptors (Lipinski definition) is 5. The van der Waals surface area contributed by atoms with E-state index in [1.165, 1.54) is 5.56 Å². The number of nitrogens with zero attached hydrogens (tertiary/aromatic N) is 3. The van der Waals surface area contributed by atoms with Crippen LogP contribution in [0.15, 0.2) is 78.4 Å². The van der Waals surface area contributed by atoms with Crippen LogP contribution >= 0.6 is 11.3 Å². The molecule has 0 saturated carbocycles. The number of aryl methyl sites for hydroxylation is 2. The fraction of sp³-hybridized carbons (Fsp3) is 0.179. The molecule has 5 aromatic rings. The molecular formula is C28H26N4O2S. The Morgan fingerprint density at radius 1 is 1.03 bits per heavy atom. The number of amides is 1. The molecule has 0 radical (unpaired) electrons. The van der Waals surface area contributed by atoms with Crippen LogP contribution in [0, 0.1) is 13.8 Å². The molecule has 5 rings (SSSR count). The van der Waals surface area contributed by atoms with Crippen LogP contribution in [0.5, 0.6) is 5.75 Å². The number of imidazole rings is 1. The summed E-state index contributed by atoms with van der Waals surface area (Å²) >= 11 is 1.65. The third-order valence-corrected chi connectivity index (χ3v) is 6.57. The van der Waals surface area contributed by atoms with E-state index in [4.69, 9.17) is 4.74 Å². The first-order chi connectivity index (χ1) is 17.0. The van der Waals surface area contributed by atoms with Gasteiger partial charge in [-0.2, -0.15) is 0 Å². The number of pyridine rings is 1. The summed E-state index contributed by atoms with van der Waals surface area (Å²) in [6.07, 6.45) is 4.71. The molecule has 6 nitrogen and oxygen atoms in total. The van der Waals surface area contributed by atoms with Gasteiger partial charge in [-0.1, -0.05) is 30.3 Å². The van der Waals surface area contributed by atoms with Crippen molar-refractivity contribution in [1.82, 2.24) is 19.7 Å². The maximum Gasteiger partial charge on any atom is 0.251 e. The highest BCUT2D eigenvalue weighted by molar-refractivity contribution is 7.09. The molecule has 1 amide bonds. The number of carbonyl (C=O) groups is 1. The van der Waals surface area contributed by atoms with Crippen molar-refractivity contribution in [2.45, 2.75) is 26.9 Å². The van der Waals surface area contributed by atoms with E-state index >= 15 is 0 Å². The molecule has 3 heterocycles. The smallest absolute Gasteiger partial charge is 0.251 e. The number of hydrogen-bond donors (Lipinski definition) is 1. The van der Waals surface area contributed by atoms with Crippen LogP contribution in [0.3, 0.4) is 0 Å². The number of thiazole rings is 1. The van der Waals surface area contributed by atoms with Crippen molar-refractivity contribution in [3.8, 4) is 17.0 Å². The molecule has 176 valence electrons. The first-order valence-electron chi connectivity index (χ1n) is 11.5. The Bertz CT molecular complexity index is 1450. The summed E-state index contributed by atoms with van der Waals surface area (Å²) < 4.78 is 7.86. The predicted octanol–water partition coefficient (Wildman–Crippen LogP) is 5.63. The lowest BCUT2D eigenvalue weighted by Gasteiger charge is -2.08. The van der Waals surface area contributed by atoms with Gasteiger partial charge in [0.1, 0.15) is 18.0 Å².